The predicted octanol–water partition coefficient (Wildman–Crippen LogP) is 3.41. The van der Waals surface area contributed by atoms with Gasteiger partial charge in [0.2, 0.25) is 5.43 Å². The molecular weight excluding hydrogens is 370 g/mol. The van der Waals surface area contributed by atoms with Crippen LogP contribution in [0, 0.1) is 0 Å². The molecule has 2 heterocycles. The molecule has 4 aromatic rings. The van der Waals surface area contributed by atoms with Crippen molar-refractivity contribution >= 4 is 32.6 Å². The van der Waals surface area contributed by atoms with Crippen molar-refractivity contribution in [3.8, 4) is 11.5 Å². The van der Waals surface area contributed by atoms with Crippen molar-refractivity contribution in [2.24, 2.45) is 0 Å². The first kappa shape index (κ1) is 18.0. The Labute approximate surface area is 166 Å². The molecule has 1 aliphatic heterocycles. The van der Waals surface area contributed by atoms with Gasteiger partial charge in [-0.05, 0) is 36.8 Å². The van der Waals surface area contributed by atoms with Crippen LogP contribution in [-0.2, 0) is 0 Å². The molecule has 0 amide bonds. The summed E-state index contributed by atoms with van der Waals surface area (Å²) < 4.78 is 11.5. The van der Waals surface area contributed by atoms with E-state index in [2.05, 4.69) is 4.98 Å². The summed E-state index contributed by atoms with van der Waals surface area (Å²) in [6.45, 7) is 3.41. The zero-order valence-electron chi connectivity index (χ0n) is 16.3. The smallest absolute Gasteiger partial charge is 0.200 e. The highest BCUT2D eigenvalue weighted by Crippen LogP contribution is 2.45. The minimum Gasteiger partial charge on any atom is -0.496 e. The van der Waals surface area contributed by atoms with Crippen LogP contribution in [0.25, 0.3) is 32.6 Å². The first-order valence-electron chi connectivity index (χ1n) is 9.46. The molecule has 0 radical (unpaired) electrons. The van der Waals surface area contributed by atoms with Gasteiger partial charge in [0, 0.05) is 17.0 Å². The van der Waals surface area contributed by atoms with Crippen molar-refractivity contribution in [1.82, 2.24) is 4.98 Å². The predicted molar refractivity (Wildman–Crippen MR) is 112 cm³/mol. The number of methoxy groups -OCH3 is 1. The number of benzene rings is 3. The molecular formula is C23H21NO5. The summed E-state index contributed by atoms with van der Waals surface area (Å²) in [5.41, 5.74) is 0.223. The van der Waals surface area contributed by atoms with Crippen molar-refractivity contribution in [2.45, 2.75) is 31.7 Å². The second kappa shape index (κ2) is 5.95. The lowest BCUT2D eigenvalue weighted by atomic mass is 9.87. The van der Waals surface area contributed by atoms with Crippen molar-refractivity contribution in [3.63, 3.8) is 0 Å². The van der Waals surface area contributed by atoms with Crippen molar-refractivity contribution < 1.29 is 19.7 Å². The average Bonchev–Trinajstić information content (AvgIpc) is 2.70. The highest BCUT2D eigenvalue weighted by atomic mass is 16.5. The number of rotatable bonds is 1. The van der Waals surface area contributed by atoms with Gasteiger partial charge in [-0.15, -0.1) is 0 Å². The number of H-pyrrole nitrogens is 1. The molecule has 148 valence electrons. The quantitative estimate of drug-likeness (QED) is 0.433. The molecule has 0 saturated carbocycles. The third kappa shape index (κ3) is 2.46. The molecule has 6 nitrogen and oxygen atoms in total. The summed E-state index contributed by atoms with van der Waals surface area (Å²) in [6.07, 6.45) is -2.36. The fourth-order valence-electron chi connectivity index (χ4n) is 4.23. The van der Waals surface area contributed by atoms with Crippen molar-refractivity contribution in [1.29, 1.82) is 0 Å². The maximum absolute atomic E-state index is 13.4. The third-order valence-corrected chi connectivity index (χ3v) is 5.81. The summed E-state index contributed by atoms with van der Waals surface area (Å²) in [5.74, 6) is 0.738. The molecule has 3 aromatic carbocycles. The Balaban J connectivity index is 1.95. The molecule has 3 N–H and O–H groups in total. The van der Waals surface area contributed by atoms with Gasteiger partial charge in [-0.1, -0.05) is 24.3 Å². The number of ether oxygens (including phenoxy) is 2. The molecule has 5 rings (SSSR count). The summed E-state index contributed by atoms with van der Waals surface area (Å²) >= 11 is 0. The number of nitrogens with one attached hydrogen (secondary N) is 1. The highest BCUT2D eigenvalue weighted by molar-refractivity contribution is 6.03. The SMILES string of the molecule is COc1cc2c(c3[nH]c4cc5ccccc5cc4c(=O)c13)[C@H](O)[C@H](O)C(C)(C)O2. The standard InChI is InChI=1S/C23H21NO5/c1-23(2)22(27)21(26)18-16(29-23)10-15(28-3)17-19(18)24-14-9-12-7-5-4-6-11(12)8-13(14)20(17)25/h4-10,21-22,26-27H,1-3H3,(H,24,25)/t21-,22-/m0/s1. The van der Waals surface area contributed by atoms with E-state index < -0.39 is 17.8 Å². The number of aromatic nitrogens is 1. The Kier molecular flexibility index (Phi) is 3.69. The number of aromatic amines is 1. The lowest BCUT2D eigenvalue weighted by molar-refractivity contribution is -0.111. The van der Waals surface area contributed by atoms with Gasteiger partial charge in [-0.3, -0.25) is 4.79 Å². The molecule has 0 unspecified atom stereocenters. The number of pyridine rings is 1. The molecule has 0 fully saturated rings. The van der Waals surface area contributed by atoms with Gasteiger partial charge in [-0.25, -0.2) is 0 Å². The van der Waals surface area contributed by atoms with Crippen LogP contribution in [0.4, 0.5) is 0 Å². The van der Waals surface area contributed by atoms with Crippen LogP contribution < -0.4 is 14.9 Å². The van der Waals surface area contributed by atoms with Crippen LogP contribution in [0.15, 0.2) is 47.3 Å². The van der Waals surface area contributed by atoms with Crippen molar-refractivity contribution in [3.05, 3.63) is 58.3 Å². The Morgan fingerprint density at radius 1 is 1.10 bits per heavy atom. The molecule has 0 spiro atoms. The van der Waals surface area contributed by atoms with Gasteiger partial charge in [-0.2, -0.15) is 0 Å². The Bertz CT molecular complexity index is 1350. The van der Waals surface area contributed by atoms with Crippen LogP contribution in [0.2, 0.25) is 0 Å². The Hall–Kier alpha value is -3.09. The summed E-state index contributed by atoms with van der Waals surface area (Å²) in [6, 6.07) is 13.2. The van der Waals surface area contributed by atoms with Crippen molar-refractivity contribution in [2.75, 3.05) is 7.11 Å². The molecule has 6 heteroatoms. The number of aliphatic hydroxyl groups excluding tert-OH is 2. The fraction of sp³-hybridized carbons (Fsp3) is 0.261. The maximum Gasteiger partial charge on any atom is 0.200 e. The maximum atomic E-state index is 13.4. The first-order valence-corrected chi connectivity index (χ1v) is 9.46. The first-order chi connectivity index (χ1) is 13.8. The summed E-state index contributed by atoms with van der Waals surface area (Å²) in [4.78, 5) is 16.7. The Morgan fingerprint density at radius 3 is 2.48 bits per heavy atom. The van der Waals surface area contributed by atoms with E-state index in [1.54, 1.807) is 19.9 Å². The molecule has 1 aliphatic rings. The second-order valence-electron chi connectivity index (χ2n) is 8.03. The van der Waals surface area contributed by atoms with Crippen LogP contribution in [-0.4, -0.2) is 34.0 Å². The third-order valence-electron chi connectivity index (χ3n) is 5.81. The van der Waals surface area contributed by atoms with Gasteiger partial charge in [0.15, 0.2) is 0 Å². The van der Waals surface area contributed by atoms with E-state index in [0.717, 1.165) is 10.8 Å². The second-order valence-corrected chi connectivity index (χ2v) is 8.03. The topological polar surface area (TPSA) is 91.8 Å². The lowest BCUT2D eigenvalue weighted by Crippen LogP contribution is -2.48. The van der Waals surface area contributed by atoms with Gasteiger partial charge in [0.1, 0.15) is 29.3 Å². The van der Waals surface area contributed by atoms with E-state index in [4.69, 9.17) is 9.47 Å². The van der Waals surface area contributed by atoms with Gasteiger partial charge >= 0.3 is 0 Å². The highest BCUT2D eigenvalue weighted by Gasteiger charge is 2.44. The fourth-order valence-corrected chi connectivity index (χ4v) is 4.23. The van der Waals surface area contributed by atoms with E-state index in [-0.39, 0.29) is 5.43 Å². The van der Waals surface area contributed by atoms with E-state index in [0.29, 0.717) is 38.9 Å². The Morgan fingerprint density at radius 2 is 1.79 bits per heavy atom. The molecule has 0 bridgehead atoms. The normalized spacial score (nSPS) is 20.6. The van der Waals surface area contributed by atoms with Crippen LogP contribution in [0.5, 0.6) is 11.5 Å². The van der Waals surface area contributed by atoms with Gasteiger partial charge in [0.25, 0.3) is 0 Å². The monoisotopic (exact) mass is 391 g/mol. The largest absolute Gasteiger partial charge is 0.496 e. The van der Waals surface area contributed by atoms with Gasteiger partial charge < -0.3 is 24.7 Å². The zero-order chi connectivity index (χ0) is 20.5. The number of fused-ring (bicyclic) bond motifs is 5. The summed E-state index contributed by atoms with van der Waals surface area (Å²) in [5, 5.41) is 24.2. The molecule has 1 aromatic heterocycles. The minimum absolute atomic E-state index is 0.203. The number of hydrogen-bond acceptors (Lipinski definition) is 5. The van der Waals surface area contributed by atoms with Gasteiger partial charge in [0.05, 0.1) is 23.5 Å². The van der Waals surface area contributed by atoms with E-state index in [1.807, 2.05) is 36.4 Å². The molecule has 0 aliphatic carbocycles. The number of aliphatic hydroxyl groups is 2. The lowest BCUT2D eigenvalue weighted by Gasteiger charge is -2.40. The van der Waals surface area contributed by atoms with E-state index in [9.17, 15) is 15.0 Å². The van der Waals surface area contributed by atoms with Crippen LogP contribution >= 0.6 is 0 Å². The molecule has 0 saturated heterocycles. The van der Waals surface area contributed by atoms with E-state index in [1.165, 1.54) is 7.11 Å². The average molecular weight is 391 g/mol. The van der Waals surface area contributed by atoms with Crippen LogP contribution in [0.1, 0.15) is 25.5 Å². The molecule has 2 atom stereocenters. The number of hydrogen-bond donors (Lipinski definition) is 3. The zero-order valence-corrected chi connectivity index (χ0v) is 16.3. The van der Waals surface area contributed by atoms with E-state index >= 15 is 0 Å². The summed E-state index contributed by atoms with van der Waals surface area (Å²) in [7, 11) is 1.49. The minimum atomic E-state index is -1.21. The van der Waals surface area contributed by atoms with Crippen LogP contribution in [0.3, 0.4) is 0 Å². The molecule has 29 heavy (non-hydrogen) atoms.